The molecule has 0 unspecified atom stereocenters. The van der Waals surface area contributed by atoms with E-state index >= 15 is 0 Å². The highest BCUT2D eigenvalue weighted by Crippen LogP contribution is 2.48. The zero-order chi connectivity index (χ0) is 19.7. The van der Waals surface area contributed by atoms with Gasteiger partial charge in [-0.2, -0.15) is 0 Å². The van der Waals surface area contributed by atoms with Crippen molar-refractivity contribution in [2.75, 3.05) is 17.2 Å². The van der Waals surface area contributed by atoms with Crippen molar-refractivity contribution >= 4 is 68.9 Å². The molecule has 1 fully saturated rings. The molecule has 2 aliphatic rings. The summed E-state index contributed by atoms with van der Waals surface area (Å²) in [6.07, 6.45) is 3.59. The van der Waals surface area contributed by atoms with Crippen LogP contribution in [0.25, 0.3) is 0 Å². The van der Waals surface area contributed by atoms with Crippen LogP contribution >= 0.6 is 47.3 Å². The van der Waals surface area contributed by atoms with Gasteiger partial charge in [-0.05, 0) is 56.5 Å². The number of fused-ring (bicyclic) bond motifs is 2. The van der Waals surface area contributed by atoms with Crippen LogP contribution in [0.5, 0.6) is 0 Å². The second kappa shape index (κ2) is 8.66. The van der Waals surface area contributed by atoms with E-state index in [-0.39, 0.29) is 5.91 Å². The number of nitrogens with zero attached hydrogens (tertiary/aromatic N) is 2. The summed E-state index contributed by atoms with van der Waals surface area (Å²) >= 11 is 15.0. The van der Waals surface area contributed by atoms with Gasteiger partial charge in [0, 0.05) is 27.4 Å². The zero-order valence-corrected chi connectivity index (χ0v) is 18.8. The van der Waals surface area contributed by atoms with E-state index in [1.165, 1.54) is 24.6 Å². The molecule has 2 aromatic rings. The van der Waals surface area contributed by atoms with E-state index in [9.17, 15) is 4.79 Å². The van der Waals surface area contributed by atoms with Crippen molar-refractivity contribution in [3.63, 3.8) is 0 Å². The first-order valence-electron chi connectivity index (χ1n) is 9.37. The molecule has 1 amide bonds. The van der Waals surface area contributed by atoms with E-state index in [1.54, 1.807) is 16.7 Å². The van der Waals surface area contributed by atoms with Gasteiger partial charge in [-0.25, -0.2) is 0 Å². The van der Waals surface area contributed by atoms with E-state index in [4.69, 9.17) is 23.8 Å². The summed E-state index contributed by atoms with van der Waals surface area (Å²) in [4.78, 5) is 19.4. The number of carbonyl (C=O) groups is 1. The average molecular weight is 449 g/mol. The molecule has 0 bridgehead atoms. The van der Waals surface area contributed by atoms with Crippen LogP contribution < -0.4 is 4.90 Å². The van der Waals surface area contributed by atoms with Gasteiger partial charge in [0.15, 0.2) is 0 Å². The molecule has 7 heteroatoms. The Morgan fingerprint density at radius 3 is 2.82 bits per heavy atom. The normalized spacial score (nSPS) is 18.4. The van der Waals surface area contributed by atoms with Gasteiger partial charge in [-0.3, -0.25) is 9.69 Å². The Kier molecular flexibility index (Phi) is 6.21. The fraction of sp³-hybridized carbons (Fsp3) is 0.333. The lowest BCUT2D eigenvalue weighted by Gasteiger charge is -2.35. The van der Waals surface area contributed by atoms with Crippen LogP contribution in [0.15, 0.2) is 52.3 Å². The quantitative estimate of drug-likeness (QED) is 0.497. The van der Waals surface area contributed by atoms with Crippen LogP contribution in [-0.4, -0.2) is 33.5 Å². The number of anilines is 2. The third-order valence-electron chi connectivity index (χ3n) is 5.09. The number of piperidine rings is 1. The first kappa shape index (κ1) is 20.1. The molecule has 0 saturated carbocycles. The second-order valence-electron chi connectivity index (χ2n) is 7.00. The number of hydrogen-bond donors (Lipinski definition) is 0. The minimum absolute atomic E-state index is 0.0216. The van der Waals surface area contributed by atoms with Crippen molar-refractivity contribution in [1.29, 1.82) is 0 Å². The molecular weight excluding hydrogens is 428 g/mol. The first-order chi connectivity index (χ1) is 13.5. The molecule has 0 N–H and O–H groups in total. The van der Waals surface area contributed by atoms with Gasteiger partial charge in [-0.15, -0.1) is 0 Å². The van der Waals surface area contributed by atoms with Crippen molar-refractivity contribution in [2.24, 2.45) is 0 Å². The monoisotopic (exact) mass is 448 g/mol. The van der Waals surface area contributed by atoms with Crippen molar-refractivity contribution in [3.05, 3.63) is 47.5 Å². The standard InChI is InChI=1S/C21H21ClN2OS3/c1-14-6-4-5-11-23(14)21(26)27-13-20(25)24-16-7-2-3-8-18(16)28-19-10-9-15(22)12-17(19)24/h2-3,7-10,12,14H,4-6,11,13H2,1H3/t14-/m0/s1. The molecule has 146 valence electrons. The van der Waals surface area contributed by atoms with Crippen molar-refractivity contribution in [1.82, 2.24) is 4.90 Å². The molecule has 2 heterocycles. The zero-order valence-electron chi connectivity index (χ0n) is 15.6. The molecule has 28 heavy (non-hydrogen) atoms. The number of halogens is 1. The van der Waals surface area contributed by atoms with Gasteiger partial charge >= 0.3 is 0 Å². The number of thiocarbonyl (C=S) groups is 1. The summed E-state index contributed by atoms with van der Waals surface area (Å²) < 4.78 is 0.825. The van der Waals surface area contributed by atoms with Crippen molar-refractivity contribution in [2.45, 2.75) is 42.0 Å². The van der Waals surface area contributed by atoms with Crippen molar-refractivity contribution in [3.8, 4) is 0 Å². The number of benzene rings is 2. The van der Waals surface area contributed by atoms with E-state index in [0.717, 1.165) is 38.5 Å². The lowest BCUT2D eigenvalue weighted by Crippen LogP contribution is -2.40. The van der Waals surface area contributed by atoms with E-state index in [2.05, 4.69) is 11.8 Å². The van der Waals surface area contributed by atoms with Crippen molar-refractivity contribution < 1.29 is 4.79 Å². The lowest BCUT2D eigenvalue weighted by molar-refractivity contribution is -0.115. The molecular formula is C21H21ClN2OS3. The van der Waals surface area contributed by atoms with Crippen LogP contribution in [-0.2, 0) is 4.79 Å². The fourth-order valence-electron chi connectivity index (χ4n) is 3.64. The predicted molar refractivity (Wildman–Crippen MR) is 124 cm³/mol. The van der Waals surface area contributed by atoms with Gasteiger partial charge < -0.3 is 4.90 Å². The Morgan fingerprint density at radius 1 is 1.21 bits per heavy atom. The largest absolute Gasteiger partial charge is 0.355 e. The van der Waals surface area contributed by atoms with Crippen LogP contribution in [0.1, 0.15) is 26.2 Å². The van der Waals surface area contributed by atoms with Crippen LogP contribution in [0.4, 0.5) is 11.4 Å². The smallest absolute Gasteiger partial charge is 0.242 e. The maximum atomic E-state index is 13.3. The Balaban J connectivity index is 1.55. The number of hydrogen-bond acceptors (Lipinski definition) is 4. The molecule has 0 aliphatic carbocycles. The number of thioether (sulfide) groups is 1. The molecule has 0 aromatic heterocycles. The molecule has 4 rings (SSSR count). The SMILES string of the molecule is C[C@H]1CCCCN1C(=S)SCC(=O)N1c2ccccc2Sc2ccc(Cl)cc21. The summed E-state index contributed by atoms with van der Waals surface area (Å²) in [6, 6.07) is 14.2. The van der Waals surface area contributed by atoms with Gasteiger partial charge in [0.2, 0.25) is 5.91 Å². The first-order valence-corrected chi connectivity index (χ1v) is 12.0. The van der Waals surface area contributed by atoms with E-state index in [1.807, 2.05) is 42.5 Å². The predicted octanol–water partition coefficient (Wildman–Crippen LogP) is 6.36. The fourth-order valence-corrected chi connectivity index (χ4v) is 6.10. The summed E-state index contributed by atoms with van der Waals surface area (Å²) in [6.45, 7) is 3.20. The molecule has 1 saturated heterocycles. The van der Waals surface area contributed by atoms with E-state index < -0.39 is 0 Å². The van der Waals surface area contributed by atoms with E-state index in [0.29, 0.717) is 16.8 Å². The maximum absolute atomic E-state index is 13.3. The molecule has 2 aliphatic heterocycles. The average Bonchev–Trinajstić information content (AvgIpc) is 2.70. The van der Waals surface area contributed by atoms with Crippen LogP contribution in [0.3, 0.4) is 0 Å². The maximum Gasteiger partial charge on any atom is 0.242 e. The third-order valence-corrected chi connectivity index (χ3v) is 7.92. The van der Waals surface area contributed by atoms with Crippen LogP contribution in [0, 0.1) is 0 Å². The summed E-state index contributed by atoms with van der Waals surface area (Å²) in [5.74, 6) is 0.334. The Bertz CT molecular complexity index is 920. The minimum atomic E-state index is 0.0216. The summed E-state index contributed by atoms with van der Waals surface area (Å²) in [7, 11) is 0. The molecule has 0 radical (unpaired) electrons. The lowest BCUT2D eigenvalue weighted by atomic mass is 10.1. The van der Waals surface area contributed by atoms with Gasteiger partial charge in [0.05, 0.1) is 17.1 Å². The van der Waals surface area contributed by atoms with Crippen LogP contribution in [0.2, 0.25) is 5.02 Å². The van der Waals surface area contributed by atoms with Gasteiger partial charge in [0.25, 0.3) is 0 Å². The Morgan fingerprint density at radius 2 is 2.00 bits per heavy atom. The number of carbonyl (C=O) groups excluding carboxylic acids is 1. The highest BCUT2D eigenvalue weighted by atomic mass is 35.5. The molecule has 0 spiro atoms. The Labute approximate surface area is 184 Å². The number of para-hydroxylation sites is 1. The highest BCUT2D eigenvalue weighted by Gasteiger charge is 2.29. The third kappa shape index (κ3) is 4.06. The number of amides is 1. The Hall–Kier alpha value is -1.21. The second-order valence-corrected chi connectivity index (χ2v) is 10.1. The molecule has 1 atom stereocenters. The molecule has 2 aromatic carbocycles. The summed E-state index contributed by atoms with van der Waals surface area (Å²) in [5, 5.41) is 0.627. The number of rotatable bonds is 2. The number of likely N-dealkylation sites (tertiary alicyclic amines) is 1. The topological polar surface area (TPSA) is 23.6 Å². The minimum Gasteiger partial charge on any atom is -0.355 e. The summed E-state index contributed by atoms with van der Waals surface area (Å²) in [5.41, 5.74) is 1.75. The van der Waals surface area contributed by atoms with Gasteiger partial charge in [-0.1, -0.05) is 59.5 Å². The highest BCUT2D eigenvalue weighted by molar-refractivity contribution is 8.23. The molecule has 3 nitrogen and oxygen atoms in total. The van der Waals surface area contributed by atoms with Gasteiger partial charge in [0.1, 0.15) is 4.32 Å².